The van der Waals surface area contributed by atoms with Crippen LogP contribution in [0.4, 0.5) is 0 Å². The lowest BCUT2D eigenvalue weighted by atomic mass is 9.99. The lowest BCUT2D eigenvalue weighted by molar-refractivity contribution is 0.0455. The topological polar surface area (TPSA) is 12.5 Å². The summed E-state index contributed by atoms with van der Waals surface area (Å²) in [4.78, 5) is 2.56. The molecule has 2 rings (SSSR count). The lowest BCUT2D eigenvalue weighted by Crippen LogP contribution is -2.24. The third kappa shape index (κ3) is 4.88. The fourth-order valence-electron chi connectivity index (χ4n) is 2.96. The van der Waals surface area contributed by atoms with E-state index in [4.69, 9.17) is 11.2 Å². The third-order valence-corrected chi connectivity index (χ3v) is 4.30. The fourth-order valence-corrected chi connectivity index (χ4v) is 2.96. The van der Waals surface area contributed by atoms with E-state index in [2.05, 4.69) is 49.8 Å². The van der Waals surface area contributed by atoms with Crippen LogP contribution >= 0.6 is 0 Å². The van der Waals surface area contributed by atoms with Gasteiger partial charge < -0.3 is 9.64 Å². The Balaban J connectivity index is 1.80. The van der Waals surface area contributed by atoms with Crippen molar-refractivity contribution in [3.63, 3.8) is 0 Å². The van der Waals surface area contributed by atoms with Crippen molar-refractivity contribution in [2.45, 2.75) is 33.3 Å². The predicted octanol–water partition coefficient (Wildman–Crippen LogP) is 3.20. The van der Waals surface area contributed by atoms with Crippen molar-refractivity contribution >= 4 is 0 Å². The zero-order valence-electron chi connectivity index (χ0n) is 13.5. The van der Waals surface area contributed by atoms with Gasteiger partial charge in [0.25, 0.3) is 0 Å². The van der Waals surface area contributed by atoms with Crippen LogP contribution in [0, 0.1) is 24.2 Å². The van der Waals surface area contributed by atoms with Crippen LogP contribution in [-0.4, -0.2) is 37.2 Å². The van der Waals surface area contributed by atoms with Gasteiger partial charge in [-0.3, -0.25) is 0 Å². The Kier molecular flexibility index (Phi) is 5.85. The van der Waals surface area contributed by atoms with Crippen LogP contribution in [0.15, 0.2) is 24.3 Å². The molecule has 0 bridgehead atoms. The zero-order valence-corrected chi connectivity index (χ0v) is 13.5. The van der Waals surface area contributed by atoms with Gasteiger partial charge in [0.1, 0.15) is 0 Å². The van der Waals surface area contributed by atoms with Gasteiger partial charge in [-0.15, -0.1) is 6.42 Å². The van der Waals surface area contributed by atoms with Crippen molar-refractivity contribution in [2.24, 2.45) is 11.8 Å². The summed E-state index contributed by atoms with van der Waals surface area (Å²) in [6, 6.07) is 8.33. The SMILES string of the molecule is C#Cc1cccc(CCN2CC(C)C(COC(C)C)C2)c1. The lowest BCUT2D eigenvalue weighted by Gasteiger charge is -2.17. The van der Waals surface area contributed by atoms with E-state index in [0.29, 0.717) is 12.0 Å². The van der Waals surface area contributed by atoms with E-state index in [1.54, 1.807) is 0 Å². The molecule has 1 aliphatic heterocycles. The first kappa shape index (κ1) is 16.1. The monoisotopic (exact) mass is 285 g/mol. The average molecular weight is 285 g/mol. The predicted molar refractivity (Wildman–Crippen MR) is 88.3 cm³/mol. The third-order valence-electron chi connectivity index (χ3n) is 4.30. The van der Waals surface area contributed by atoms with Gasteiger partial charge in [-0.1, -0.05) is 25.0 Å². The highest BCUT2D eigenvalue weighted by Gasteiger charge is 2.29. The molecule has 1 heterocycles. The number of benzene rings is 1. The zero-order chi connectivity index (χ0) is 15.2. The summed E-state index contributed by atoms with van der Waals surface area (Å²) in [5, 5.41) is 0. The first-order valence-corrected chi connectivity index (χ1v) is 7.98. The van der Waals surface area contributed by atoms with Gasteiger partial charge in [-0.05, 0) is 49.8 Å². The maximum atomic E-state index is 5.79. The molecule has 0 saturated carbocycles. The summed E-state index contributed by atoms with van der Waals surface area (Å²) in [7, 11) is 0. The fraction of sp³-hybridized carbons (Fsp3) is 0.579. The summed E-state index contributed by atoms with van der Waals surface area (Å²) in [5.74, 6) is 4.10. The number of rotatable bonds is 6. The Morgan fingerprint density at radius 3 is 2.90 bits per heavy atom. The van der Waals surface area contributed by atoms with Crippen molar-refractivity contribution in [1.29, 1.82) is 0 Å². The van der Waals surface area contributed by atoms with Crippen LogP contribution in [0.2, 0.25) is 0 Å². The van der Waals surface area contributed by atoms with Gasteiger partial charge in [0.15, 0.2) is 0 Å². The van der Waals surface area contributed by atoms with Crippen LogP contribution < -0.4 is 0 Å². The first-order chi connectivity index (χ1) is 10.1. The molecular weight excluding hydrogens is 258 g/mol. The van der Waals surface area contributed by atoms with Crippen molar-refractivity contribution < 1.29 is 4.74 Å². The molecule has 0 amide bonds. The molecule has 21 heavy (non-hydrogen) atoms. The molecule has 2 unspecified atom stereocenters. The molecule has 0 aliphatic carbocycles. The van der Waals surface area contributed by atoms with Gasteiger partial charge in [-0.2, -0.15) is 0 Å². The van der Waals surface area contributed by atoms with E-state index in [1.165, 1.54) is 12.1 Å². The summed E-state index contributed by atoms with van der Waals surface area (Å²) >= 11 is 0. The van der Waals surface area contributed by atoms with Gasteiger partial charge in [0.05, 0.1) is 12.7 Å². The molecule has 0 spiro atoms. The normalized spacial score (nSPS) is 22.6. The number of hydrogen-bond acceptors (Lipinski definition) is 2. The standard InChI is InChI=1S/C19H27NO/c1-5-17-7-6-8-18(11-17)9-10-20-12-16(4)19(13-20)14-21-15(2)3/h1,6-8,11,15-16,19H,9-10,12-14H2,2-4H3. The Labute approximate surface area is 129 Å². The van der Waals surface area contributed by atoms with Gasteiger partial charge in [-0.25, -0.2) is 0 Å². The molecule has 2 nitrogen and oxygen atoms in total. The Hall–Kier alpha value is -1.30. The van der Waals surface area contributed by atoms with Crippen LogP contribution in [-0.2, 0) is 11.2 Å². The Morgan fingerprint density at radius 1 is 1.38 bits per heavy atom. The maximum absolute atomic E-state index is 5.79. The van der Waals surface area contributed by atoms with E-state index < -0.39 is 0 Å². The molecule has 1 fully saturated rings. The van der Waals surface area contributed by atoms with Gasteiger partial charge >= 0.3 is 0 Å². The van der Waals surface area contributed by atoms with Crippen LogP contribution in [0.1, 0.15) is 31.9 Å². The second-order valence-corrected chi connectivity index (χ2v) is 6.47. The van der Waals surface area contributed by atoms with E-state index in [-0.39, 0.29) is 0 Å². The Morgan fingerprint density at radius 2 is 2.19 bits per heavy atom. The molecule has 2 heteroatoms. The molecule has 1 saturated heterocycles. The molecule has 0 N–H and O–H groups in total. The van der Waals surface area contributed by atoms with E-state index in [1.807, 2.05) is 6.07 Å². The molecule has 1 aliphatic rings. The first-order valence-electron chi connectivity index (χ1n) is 7.98. The largest absolute Gasteiger partial charge is 0.378 e. The number of ether oxygens (including phenoxy) is 1. The minimum Gasteiger partial charge on any atom is -0.378 e. The number of hydrogen-bond donors (Lipinski definition) is 0. The molecule has 1 aromatic rings. The van der Waals surface area contributed by atoms with E-state index >= 15 is 0 Å². The summed E-state index contributed by atoms with van der Waals surface area (Å²) in [6.07, 6.45) is 6.86. The highest BCUT2D eigenvalue weighted by Crippen LogP contribution is 2.23. The van der Waals surface area contributed by atoms with Crippen molar-refractivity contribution in [1.82, 2.24) is 4.90 Å². The highest BCUT2D eigenvalue weighted by atomic mass is 16.5. The van der Waals surface area contributed by atoms with Crippen molar-refractivity contribution in [3.05, 3.63) is 35.4 Å². The van der Waals surface area contributed by atoms with Crippen LogP contribution in [0.5, 0.6) is 0 Å². The second-order valence-electron chi connectivity index (χ2n) is 6.47. The van der Waals surface area contributed by atoms with Gasteiger partial charge in [0.2, 0.25) is 0 Å². The molecule has 114 valence electrons. The molecule has 1 aromatic carbocycles. The minimum absolute atomic E-state index is 0.331. The highest BCUT2D eigenvalue weighted by molar-refractivity contribution is 5.35. The second kappa shape index (κ2) is 7.64. The van der Waals surface area contributed by atoms with Crippen molar-refractivity contribution in [2.75, 3.05) is 26.2 Å². The molecular formula is C19H27NO. The summed E-state index contributed by atoms with van der Waals surface area (Å²) in [5.41, 5.74) is 2.31. The van der Waals surface area contributed by atoms with Crippen LogP contribution in [0.3, 0.4) is 0 Å². The summed E-state index contributed by atoms with van der Waals surface area (Å²) in [6.45, 7) is 10.9. The molecule has 0 radical (unpaired) electrons. The maximum Gasteiger partial charge on any atom is 0.0519 e. The quantitative estimate of drug-likeness (QED) is 0.744. The number of terminal acetylenes is 1. The van der Waals surface area contributed by atoms with Gasteiger partial charge in [0, 0.05) is 25.2 Å². The number of nitrogens with zero attached hydrogens (tertiary/aromatic N) is 1. The molecule has 2 atom stereocenters. The minimum atomic E-state index is 0.331. The van der Waals surface area contributed by atoms with E-state index in [0.717, 1.165) is 37.6 Å². The van der Waals surface area contributed by atoms with E-state index in [9.17, 15) is 0 Å². The smallest absolute Gasteiger partial charge is 0.0519 e. The summed E-state index contributed by atoms with van der Waals surface area (Å²) < 4.78 is 5.79. The molecule has 0 aromatic heterocycles. The average Bonchev–Trinajstić information content (AvgIpc) is 2.83. The van der Waals surface area contributed by atoms with Crippen LogP contribution in [0.25, 0.3) is 0 Å². The van der Waals surface area contributed by atoms with Crippen molar-refractivity contribution in [3.8, 4) is 12.3 Å². The Bertz CT molecular complexity index is 489. The number of likely N-dealkylation sites (tertiary alicyclic amines) is 1.